The van der Waals surface area contributed by atoms with E-state index in [4.69, 9.17) is 5.11 Å². The maximum Gasteiger partial charge on any atom is 0.328 e. The SMILES string of the molecule is Cc1ccc(Cc2ccc(C(=O)NC(C)(C)C(=O)O)cc2)cn1. The van der Waals surface area contributed by atoms with Crippen molar-refractivity contribution >= 4 is 11.9 Å². The Balaban J connectivity index is 2.05. The van der Waals surface area contributed by atoms with E-state index in [0.717, 1.165) is 23.2 Å². The highest BCUT2D eigenvalue weighted by Crippen LogP contribution is 2.12. The minimum Gasteiger partial charge on any atom is -0.480 e. The third kappa shape index (κ3) is 4.39. The molecule has 5 heteroatoms. The topological polar surface area (TPSA) is 79.3 Å². The fourth-order valence-electron chi connectivity index (χ4n) is 2.02. The molecular formula is C18H20N2O3. The summed E-state index contributed by atoms with van der Waals surface area (Å²) < 4.78 is 0. The van der Waals surface area contributed by atoms with Gasteiger partial charge in [-0.2, -0.15) is 0 Å². The van der Waals surface area contributed by atoms with Crippen LogP contribution in [0.3, 0.4) is 0 Å². The van der Waals surface area contributed by atoms with Crippen molar-refractivity contribution in [2.45, 2.75) is 32.7 Å². The van der Waals surface area contributed by atoms with E-state index in [1.54, 1.807) is 12.1 Å². The molecule has 0 unspecified atom stereocenters. The molecule has 0 aliphatic carbocycles. The fraction of sp³-hybridized carbons (Fsp3) is 0.278. The van der Waals surface area contributed by atoms with Gasteiger partial charge < -0.3 is 10.4 Å². The number of nitrogens with one attached hydrogen (secondary N) is 1. The molecule has 0 aliphatic rings. The molecule has 0 aliphatic heterocycles. The standard InChI is InChI=1S/C18H20N2O3/c1-12-4-5-14(11-19-12)10-13-6-8-15(9-7-13)16(21)20-18(2,3)17(22)23/h4-9,11H,10H2,1-3H3,(H,20,21)(H,22,23). The highest BCUT2D eigenvalue weighted by molar-refractivity contribution is 5.97. The van der Waals surface area contributed by atoms with Crippen LogP contribution in [0.25, 0.3) is 0 Å². The second-order valence-electron chi connectivity index (χ2n) is 6.07. The number of carbonyl (C=O) groups excluding carboxylic acids is 1. The van der Waals surface area contributed by atoms with E-state index >= 15 is 0 Å². The molecule has 1 aromatic carbocycles. The molecule has 1 aromatic heterocycles. The molecule has 2 rings (SSSR count). The zero-order valence-corrected chi connectivity index (χ0v) is 13.5. The zero-order valence-electron chi connectivity index (χ0n) is 13.5. The first-order valence-electron chi connectivity index (χ1n) is 7.34. The molecule has 120 valence electrons. The first kappa shape index (κ1) is 16.7. The number of hydrogen-bond acceptors (Lipinski definition) is 3. The number of carboxylic acids is 1. The lowest BCUT2D eigenvalue weighted by Crippen LogP contribution is -2.49. The summed E-state index contributed by atoms with van der Waals surface area (Å²) in [6.45, 7) is 4.84. The lowest BCUT2D eigenvalue weighted by Gasteiger charge is -2.21. The van der Waals surface area contributed by atoms with E-state index in [2.05, 4.69) is 10.3 Å². The summed E-state index contributed by atoms with van der Waals surface area (Å²) in [5.74, 6) is -1.48. The molecule has 5 nitrogen and oxygen atoms in total. The van der Waals surface area contributed by atoms with Crippen LogP contribution in [-0.2, 0) is 11.2 Å². The third-order valence-corrected chi connectivity index (χ3v) is 3.56. The molecular weight excluding hydrogens is 292 g/mol. The Labute approximate surface area is 135 Å². The smallest absolute Gasteiger partial charge is 0.328 e. The van der Waals surface area contributed by atoms with Gasteiger partial charge >= 0.3 is 5.97 Å². The predicted molar refractivity (Wildman–Crippen MR) is 87.4 cm³/mol. The summed E-state index contributed by atoms with van der Waals surface area (Å²) in [6.07, 6.45) is 2.57. The molecule has 0 saturated carbocycles. The predicted octanol–water partition coefficient (Wildman–Crippen LogP) is 2.57. The van der Waals surface area contributed by atoms with Crippen LogP contribution in [0, 0.1) is 6.92 Å². The molecule has 1 amide bonds. The second-order valence-corrected chi connectivity index (χ2v) is 6.07. The average molecular weight is 312 g/mol. The third-order valence-electron chi connectivity index (χ3n) is 3.56. The van der Waals surface area contributed by atoms with E-state index in [-0.39, 0.29) is 0 Å². The van der Waals surface area contributed by atoms with Gasteiger partial charge in [0, 0.05) is 17.5 Å². The monoisotopic (exact) mass is 312 g/mol. The number of benzene rings is 1. The Kier molecular flexibility index (Phi) is 4.79. The Morgan fingerprint density at radius 2 is 1.70 bits per heavy atom. The summed E-state index contributed by atoms with van der Waals surface area (Å²) >= 11 is 0. The van der Waals surface area contributed by atoms with E-state index < -0.39 is 17.4 Å². The molecule has 2 N–H and O–H groups in total. The highest BCUT2D eigenvalue weighted by atomic mass is 16.4. The normalized spacial score (nSPS) is 11.1. The van der Waals surface area contributed by atoms with Crippen molar-refractivity contribution in [1.29, 1.82) is 0 Å². The van der Waals surface area contributed by atoms with Gasteiger partial charge in [0.25, 0.3) is 5.91 Å². The Morgan fingerprint density at radius 3 is 2.22 bits per heavy atom. The molecule has 0 fully saturated rings. The van der Waals surface area contributed by atoms with Gasteiger partial charge in [0.05, 0.1) is 0 Å². The van der Waals surface area contributed by atoms with Gasteiger partial charge in [0.1, 0.15) is 5.54 Å². The summed E-state index contributed by atoms with van der Waals surface area (Å²) in [4.78, 5) is 27.4. The lowest BCUT2D eigenvalue weighted by atomic mass is 10.0. The van der Waals surface area contributed by atoms with E-state index in [1.165, 1.54) is 13.8 Å². The highest BCUT2D eigenvalue weighted by Gasteiger charge is 2.29. The Morgan fingerprint density at radius 1 is 1.09 bits per heavy atom. The molecule has 0 atom stereocenters. The summed E-state index contributed by atoms with van der Waals surface area (Å²) in [7, 11) is 0. The number of aromatic nitrogens is 1. The van der Waals surface area contributed by atoms with Gasteiger partial charge in [-0.05, 0) is 56.5 Å². The number of rotatable bonds is 5. The van der Waals surface area contributed by atoms with Crippen LogP contribution in [0.5, 0.6) is 0 Å². The molecule has 0 radical (unpaired) electrons. The van der Waals surface area contributed by atoms with Crippen molar-refractivity contribution in [1.82, 2.24) is 10.3 Å². The summed E-state index contributed by atoms with van der Waals surface area (Å²) in [6, 6.07) is 11.1. The van der Waals surface area contributed by atoms with Crippen molar-refractivity contribution in [3.63, 3.8) is 0 Å². The fourth-order valence-corrected chi connectivity index (χ4v) is 2.02. The molecule has 1 heterocycles. The van der Waals surface area contributed by atoms with Crippen molar-refractivity contribution in [2.24, 2.45) is 0 Å². The lowest BCUT2D eigenvalue weighted by molar-refractivity contribution is -0.143. The molecule has 0 saturated heterocycles. The van der Waals surface area contributed by atoms with Gasteiger partial charge in [-0.25, -0.2) is 4.79 Å². The van der Waals surface area contributed by atoms with Gasteiger partial charge in [-0.1, -0.05) is 18.2 Å². The van der Waals surface area contributed by atoms with Crippen molar-refractivity contribution in [2.75, 3.05) is 0 Å². The van der Waals surface area contributed by atoms with Gasteiger partial charge in [-0.15, -0.1) is 0 Å². The second kappa shape index (κ2) is 6.60. The van der Waals surface area contributed by atoms with Crippen LogP contribution in [-0.4, -0.2) is 27.5 Å². The number of carboxylic acid groups (broad SMARTS) is 1. The Bertz CT molecular complexity index is 704. The Hall–Kier alpha value is -2.69. The van der Waals surface area contributed by atoms with Crippen LogP contribution in [0.2, 0.25) is 0 Å². The van der Waals surface area contributed by atoms with Crippen LogP contribution >= 0.6 is 0 Å². The molecule has 0 spiro atoms. The van der Waals surface area contributed by atoms with Crippen molar-refractivity contribution < 1.29 is 14.7 Å². The van der Waals surface area contributed by atoms with Gasteiger partial charge in [0.2, 0.25) is 0 Å². The largest absolute Gasteiger partial charge is 0.480 e. The number of carbonyl (C=O) groups is 2. The average Bonchev–Trinajstić information content (AvgIpc) is 2.49. The molecule has 0 bridgehead atoms. The summed E-state index contributed by atoms with van der Waals surface area (Å²) in [5, 5.41) is 11.5. The summed E-state index contributed by atoms with van der Waals surface area (Å²) in [5.41, 5.74) is 2.26. The van der Waals surface area contributed by atoms with Gasteiger partial charge in [-0.3, -0.25) is 9.78 Å². The van der Waals surface area contributed by atoms with Gasteiger partial charge in [0.15, 0.2) is 0 Å². The quantitative estimate of drug-likeness (QED) is 0.889. The zero-order chi connectivity index (χ0) is 17.0. The minimum atomic E-state index is -1.30. The number of aryl methyl sites for hydroxylation is 1. The van der Waals surface area contributed by atoms with Crippen LogP contribution in [0.1, 0.15) is 41.0 Å². The minimum absolute atomic E-state index is 0.402. The maximum atomic E-state index is 12.1. The molecule has 2 aromatic rings. The van der Waals surface area contributed by atoms with E-state index in [1.807, 2.05) is 37.4 Å². The number of nitrogens with zero attached hydrogens (tertiary/aromatic N) is 1. The van der Waals surface area contributed by atoms with Crippen molar-refractivity contribution in [3.8, 4) is 0 Å². The number of aliphatic carboxylic acids is 1. The van der Waals surface area contributed by atoms with Crippen LogP contribution in [0.4, 0.5) is 0 Å². The first-order valence-corrected chi connectivity index (χ1v) is 7.34. The molecule has 23 heavy (non-hydrogen) atoms. The number of hydrogen-bond donors (Lipinski definition) is 2. The van der Waals surface area contributed by atoms with E-state index in [9.17, 15) is 9.59 Å². The maximum absolute atomic E-state index is 12.1. The number of pyridine rings is 1. The van der Waals surface area contributed by atoms with Crippen molar-refractivity contribution in [3.05, 3.63) is 65.0 Å². The van der Waals surface area contributed by atoms with Crippen LogP contribution in [0.15, 0.2) is 42.6 Å². The number of amides is 1. The van der Waals surface area contributed by atoms with Crippen LogP contribution < -0.4 is 5.32 Å². The first-order chi connectivity index (χ1) is 10.8. The van der Waals surface area contributed by atoms with E-state index in [0.29, 0.717) is 5.56 Å².